The second-order valence-electron chi connectivity index (χ2n) is 3.90. The van der Waals surface area contributed by atoms with Gasteiger partial charge in [0.25, 0.3) is 0 Å². The number of carbonyl (C=O) groups is 3. The van der Waals surface area contributed by atoms with Crippen LogP contribution in [0.3, 0.4) is 0 Å². The van der Waals surface area contributed by atoms with E-state index >= 15 is 0 Å². The number of amides is 1. The molecule has 0 radical (unpaired) electrons. The Morgan fingerprint density at radius 2 is 2.00 bits per heavy atom. The van der Waals surface area contributed by atoms with Gasteiger partial charge in [-0.25, -0.2) is 14.6 Å². The Labute approximate surface area is 127 Å². The molecular formula is C13H9N3O5S. The van der Waals surface area contributed by atoms with Crippen molar-refractivity contribution in [2.45, 2.75) is 0 Å². The van der Waals surface area contributed by atoms with Crippen LogP contribution in [0, 0.1) is 0 Å². The van der Waals surface area contributed by atoms with Gasteiger partial charge < -0.3 is 10.2 Å². The quantitative estimate of drug-likeness (QED) is 0.712. The topological polar surface area (TPSA) is 129 Å². The Morgan fingerprint density at radius 3 is 2.59 bits per heavy atom. The van der Waals surface area contributed by atoms with E-state index in [0.29, 0.717) is 11.6 Å². The van der Waals surface area contributed by atoms with E-state index in [4.69, 9.17) is 5.11 Å². The molecule has 9 heteroatoms. The van der Waals surface area contributed by atoms with Gasteiger partial charge in [-0.3, -0.25) is 15.1 Å². The summed E-state index contributed by atoms with van der Waals surface area (Å²) in [5, 5.41) is 20.0. The highest BCUT2D eigenvalue weighted by atomic mass is 32.1. The molecule has 0 saturated heterocycles. The summed E-state index contributed by atoms with van der Waals surface area (Å²) in [5.74, 6) is -3.17. The lowest BCUT2D eigenvalue weighted by molar-refractivity contribution is -0.131. The highest BCUT2D eigenvalue weighted by Gasteiger charge is 2.19. The second kappa shape index (κ2) is 6.59. The number of hydrogen-bond donors (Lipinski definition) is 3. The molecule has 0 atom stereocenters. The lowest BCUT2D eigenvalue weighted by atomic mass is 10.2. The molecule has 0 saturated carbocycles. The molecule has 0 fully saturated rings. The lowest BCUT2D eigenvalue weighted by Crippen LogP contribution is -2.08. The molecule has 0 aromatic carbocycles. The highest BCUT2D eigenvalue weighted by Crippen LogP contribution is 2.30. The zero-order valence-corrected chi connectivity index (χ0v) is 11.7. The summed E-state index contributed by atoms with van der Waals surface area (Å²) in [7, 11) is 0. The van der Waals surface area contributed by atoms with E-state index in [1.54, 1.807) is 12.1 Å². The van der Waals surface area contributed by atoms with Gasteiger partial charge in [-0.15, -0.1) is 0 Å². The lowest BCUT2D eigenvalue weighted by Gasteiger charge is -1.97. The first-order valence-electron chi connectivity index (χ1n) is 5.84. The van der Waals surface area contributed by atoms with Gasteiger partial charge in [-0.05, 0) is 12.1 Å². The number of rotatable bonds is 5. The van der Waals surface area contributed by atoms with Crippen molar-refractivity contribution >= 4 is 34.3 Å². The average Bonchev–Trinajstić information content (AvgIpc) is 2.90. The molecule has 112 valence electrons. The van der Waals surface area contributed by atoms with Crippen molar-refractivity contribution in [2.24, 2.45) is 0 Å². The van der Waals surface area contributed by atoms with Crippen LogP contribution in [-0.2, 0) is 9.59 Å². The summed E-state index contributed by atoms with van der Waals surface area (Å²) in [6, 6.07) is 3.28. The Hall–Kier alpha value is -3.07. The van der Waals surface area contributed by atoms with E-state index in [1.165, 1.54) is 12.4 Å². The largest absolute Gasteiger partial charge is 0.478 e. The van der Waals surface area contributed by atoms with Gasteiger partial charge in [0.05, 0.1) is 5.69 Å². The molecule has 0 unspecified atom stereocenters. The van der Waals surface area contributed by atoms with E-state index < -0.39 is 17.8 Å². The number of thiazole rings is 1. The molecule has 22 heavy (non-hydrogen) atoms. The van der Waals surface area contributed by atoms with Gasteiger partial charge in [0.15, 0.2) is 5.13 Å². The standard InChI is InChI=1S/C13H9N3O5S/c17-8(3-4-9(18)19)15-13-16-10(11(22-13)12(20)21)7-2-1-5-14-6-7/h1-6H,(H,18,19)(H,20,21)(H,15,16,17)/b4-3+. The number of aromatic nitrogens is 2. The number of anilines is 1. The molecule has 8 nitrogen and oxygen atoms in total. The third-order valence-corrected chi connectivity index (χ3v) is 3.32. The molecule has 1 amide bonds. The third-order valence-electron chi connectivity index (χ3n) is 2.36. The summed E-state index contributed by atoms with van der Waals surface area (Å²) >= 11 is 0.773. The van der Waals surface area contributed by atoms with Gasteiger partial charge in [0.2, 0.25) is 5.91 Å². The fourth-order valence-corrected chi connectivity index (χ4v) is 2.34. The number of nitrogens with one attached hydrogen (secondary N) is 1. The number of aliphatic carboxylic acids is 1. The van der Waals surface area contributed by atoms with Gasteiger partial charge in [0, 0.05) is 30.1 Å². The summed E-state index contributed by atoms with van der Waals surface area (Å²) in [6.07, 6.45) is 4.48. The molecule has 0 aliphatic rings. The number of carboxylic acids is 2. The van der Waals surface area contributed by atoms with Crippen LogP contribution in [0.2, 0.25) is 0 Å². The average molecular weight is 319 g/mol. The van der Waals surface area contributed by atoms with E-state index in [2.05, 4.69) is 15.3 Å². The number of nitrogens with zero attached hydrogens (tertiary/aromatic N) is 2. The van der Waals surface area contributed by atoms with Gasteiger partial charge in [-0.1, -0.05) is 11.3 Å². The van der Waals surface area contributed by atoms with Gasteiger partial charge in [0.1, 0.15) is 4.88 Å². The Kier molecular flexibility index (Phi) is 4.59. The highest BCUT2D eigenvalue weighted by molar-refractivity contribution is 7.18. The zero-order chi connectivity index (χ0) is 16.1. The maximum absolute atomic E-state index is 11.5. The maximum atomic E-state index is 11.5. The minimum absolute atomic E-state index is 0.0504. The van der Waals surface area contributed by atoms with Gasteiger partial charge in [-0.2, -0.15) is 0 Å². The molecule has 0 aliphatic heterocycles. The van der Waals surface area contributed by atoms with Gasteiger partial charge >= 0.3 is 11.9 Å². The molecule has 0 spiro atoms. The van der Waals surface area contributed by atoms with Crippen molar-refractivity contribution in [1.29, 1.82) is 0 Å². The molecule has 0 aliphatic carbocycles. The van der Waals surface area contributed by atoms with Crippen LogP contribution in [-0.4, -0.2) is 38.0 Å². The third kappa shape index (κ3) is 3.73. The van der Waals surface area contributed by atoms with Crippen LogP contribution >= 0.6 is 11.3 Å². The van der Waals surface area contributed by atoms with Crippen molar-refractivity contribution in [3.05, 3.63) is 41.6 Å². The normalized spacial score (nSPS) is 10.5. The molecule has 2 aromatic rings. The van der Waals surface area contributed by atoms with Crippen molar-refractivity contribution < 1.29 is 24.6 Å². The summed E-state index contributed by atoms with van der Waals surface area (Å²) in [6.45, 7) is 0. The first kappa shape index (κ1) is 15.3. The van der Waals surface area contributed by atoms with E-state index in [9.17, 15) is 19.5 Å². The van der Waals surface area contributed by atoms with Crippen molar-refractivity contribution in [3.63, 3.8) is 0 Å². The first-order chi connectivity index (χ1) is 10.5. The molecular weight excluding hydrogens is 310 g/mol. The fraction of sp³-hybridized carbons (Fsp3) is 0. The Morgan fingerprint density at radius 1 is 1.23 bits per heavy atom. The molecule has 2 aromatic heterocycles. The summed E-state index contributed by atoms with van der Waals surface area (Å²) in [4.78, 5) is 41.0. The summed E-state index contributed by atoms with van der Waals surface area (Å²) in [5.41, 5.74) is 0.681. The van der Waals surface area contributed by atoms with E-state index in [1.807, 2.05) is 0 Å². The van der Waals surface area contributed by atoms with Crippen LogP contribution in [0.5, 0.6) is 0 Å². The predicted molar refractivity (Wildman–Crippen MR) is 77.7 cm³/mol. The Balaban J connectivity index is 2.30. The number of hydrogen-bond acceptors (Lipinski definition) is 6. The molecule has 0 bridgehead atoms. The van der Waals surface area contributed by atoms with Crippen molar-refractivity contribution in [1.82, 2.24) is 9.97 Å². The van der Waals surface area contributed by atoms with Crippen LogP contribution in [0.15, 0.2) is 36.7 Å². The monoisotopic (exact) mass is 319 g/mol. The SMILES string of the molecule is O=C(O)/C=C/C(=O)Nc1nc(-c2cccnc2)c(C(=O)O)s1. The molecule has 2 rings (SSSR count). The predicted octanol–water partition coefficient (Wildman–Crippen LogP) is 1.48. The minimum Gasteiger partial charge on any atom is -0.478 e. The maximum Gasteiger partial charge on any atom is 0.348 e. The van der Waals surface area contributed by atoms with Crippen LogP contribution in [0.4, 0.5) is 5.13 Å². The number of carboxylic acid groups (broad SMARTS) is 2. The number of aromatic carboxylic acids is 1. The van der Waals surface area contributed by atoms with Crippen molar-refractivity contribution in [2.75, 3.05) is 5.32 Å². The van der Waals surface area contributed by atoms with Crippen LogP contribution in [0.1, 0.15) is 9.67 Å². The number of carbonyl (C=O) groups excluding carboxylic acids is 1. The van der Waals surface area contributed by atoms with Crippen LogP contribution < -0.4 is 5.32 Å². The molecule has 2 heterocycles. The Bertz CT molecular complexity index is 754. The van der Waals surface area contributed by atoms with E-state index in [0.717, 1.165) is 17.4 Å². The van der Waals surface area contributed by atoms with Crippen molar-refractivity contribution in [3.8, 4) is 11.3 Å². The fourth-order valence-electron chi connectivity index (χ4n) is 1.51. The molecule has 3 N–H and O–H groups in total. The summed E-state index contributed by atoms with van der Waals surface area (Å²) < 4.78 is 0. The van der Waals surface area contributed by atoms with E-state index in [-0.39, 0.29) is 15.7 Å². The zero-order valence-electron chi connectivity index (χ0n) is 10.9. The smallest absolute Gasteiger partial charge is 0.348 e. The van der Waals surface area contributed by atoms with Crippen LogP contribution in [0.25, 0.3) is 11.3 Å². The number of pyridine rings is 1. The minimum atomic E-state index is -1.27. The first-order valence-corrected chi connectivity index (χ1v) is 6.65. The second-order valence-corrected chi connectivity index (χ2v) is 4.90.